The maximum atomic E-state index is 13.0. The van der Waals surface area contributed by atoms with Crippen LogP contribution in [0.15, 0.2) is 4.79 Å². The molecule has 0 aliphatic carbocycles. The van der Waals surface area contributed by atoms with Gasteiger partial charge in [-0.15, -0.1) is 0 Å². The zero-order chi connectivity index (χ0) is 18.5. The molecule has 0 atom stereocenters. The van der Waals surface area contributed by atoms with Crippen molar-refractivity contribution in [2.24, 2.45) is 14.1 Å². The lowest BCUT2D eigenvalue weighted by molar-refractivity contribution is 0.576. The second-order valence-corrected chi connectivity index (χ2v) is 6.74. The number of hydrogen-bond acceptors (Lipinski definition) is 5. The fourth-order valence-corrected chi connectivity index (χ4v) is 3.24. The van der Waals surface area contributed by atoms with Gasteiger partial charge in [0.15, 0.2) is 5.52 Å². The third kappa shape index (κ3) is 2.71. The number of fused-ring (bicyclic) bond motifs is 1. The first-order chi connectivity index (χ1) is 11.7. The zero-order valence-corrected chi connectivity index (χ0v) is 15.9. The van der Waals surface area contributed by atoms with E-state index in [1.54, 1.807) is 16.3 Å². The summed E-state index contributed by atoms with van der Waals surface area (Å²) < 4.78 is 5.16. The highest BCUT2D eigenvalue weighted by Gasteiger charge is 2.19. The summed E-state index contributed by atoms with van der Waals surface area (Å²) in [6.07, 6.45) is 0. The van der Waals surface area contributed by atoms with Gasteiger partial charge in [-0.25, -0.2) is 4.98 Å². The molecular weight excluding hydrogens is 318 g/mol. The van der Waals surface area contributed by atoms with Crippen LogP contribution in [0.5, 0.6) is 0 Å². The van der Waals surface area contributed by atoms with Crippen molar-refractivity contribution < 1.29 is 0 Å². The van der Waals surface area contributed by atoms with Gasteiger partial charge >= 0.3 is 0 Å². The van der Waals surface area contributed by atoms with Crippen LogP contribution >= 0.6 is 0 Å². The summed E-state index contributed by atoms with van der Waals surface area (Å²) in [7, 11) is 3.71. The molecule has 0 aromatic carbocycles. The Labute approximate surface area is 146 Å². The number of rotatable bonds is 4. The maximum absolute atomic E-state index is 13.0. The molecule has 8 heteroatoms. The van der Waals surface area contributed by atoms with E-state index < -0.39 is 0 Å². The van der Waals surface area contributed by atoms with Gasteiger partial charge in [0.05, 0.1) is 11.4 Å². The van der Waals surface area contributed by atoms with Gasteiger partial charge in [-0.2, -0.15) is 10.2 Å². The standard InChI is InChI=1S/C17H25N7O/c1-9(2)24-16(25)15-14(11(4)21-23(15)7)19-17(24)18-8-13-10(3)20-22(6)12(13)5/h9H,8H2,1-7H3,(H,18,19). The Kier molecular flexibility index (Phi) is 4.14. The number of nitrogens with one attached hydrogen (secondary N) is 1. The molecule has 8 nitrogen and oxygen atoms in total. The Morgan fingerprint density at radius 2 is 1.68 bits per heavy atom. The van der Waals surface area contributed by atoms with Gasteiger partial charge in [0.1, 0.15) is 5.52 Å². The van der Waals surface area contributed by atoms with Crippen LogP contribution < -0.4 is 10.9 Å². The molecular formula is C17H25N7O. The molecule has 3 heterocycles. The van der Waals surface area contributed by atoms with Gasteiger partial charge in [0.2, 0.25) is 5.95 Å². The predicted molar refractivity (Wildman–Crippen MR) is 97.9 cm³/mol. The molecule has 0 bridgehead atoms. The van der Waals surface area contributed by atoms with Crippen LogP contribution in [0.3, 0.4) is 0 Å². The normalized spacial score (nSPS) is 11.7. The van der Waals surface area contributed by atoms with Gasteiger partial charge in [-0.1, -0.05) is 0 Å². The number of aryl methyl sites for hydroxylation is 4. The smallest absolute Gasteiger partial charge is 0.281 e. The van der Waals surface area contributed by atoms with E-state index in [2.05, 4.69) is 15.5 Å². The second kappa shape index (κ2) is 6.02. The number of aromatic nitrogens is 6. The van der Waals surface area contributed by atoms with Crippen LogP contribution in [0.1, 0.15) is 42.5 Å². The summed E-state index contributed by atoms with van der Waals surface area (Å²) in [6, 6.07) is -0.0156. The molecule has 3 rings (SSSR count). The molecule has 134 valence electrons. The molecule has 0 amide bonds. The third-order valence-electron chi connectivity index (χ3n) is 4.66. The number of hydrogen-bond donors (Lipinski definition) is 1. The molecule has 0 saturated carbocycles. The quantitative estimate of drug-likeness (QED) is 0.783. The summed E-state index contributed by atoms with van der Waals surface area (Å²) in [5, 5.41) is 12.1. The van der Waals surface area contributed by atoms with Gasteiger partial charge < -0.3 is 5.32 Å². The average Bonchev–Trinajstić information content (AvgIpc) is 2.93. The van der Waals surface area contributed by atoms with Crippen LogP contribution in [0, 0.1) is 20.8 Å². The first-order valence-corrected chi connectivity index (χ1v) is 8.41. The number of anilines is 1. The fourth-order valence-electron chi connectivity index (χ4n) is 3.24. The molecule has 25 heavy (non-hydrogen) atoms. The molecule has 0 radical (unpaired) electrons. The highest BCUT2D eigenvalue weighted by molar-refractivity contribution is 5.77. The Hall–Kier alpha value is -2.64. The van der Waals surface area contributed by atoms with E-state index in [1.807, 2.05) is 46.3 Å². The third-order valence-corrected chi connectivity index (χ3v) is 4.66. The molecule has 0 saturated heterocycles. The first kappa shape index (κ1) is 17.2. The number of nitrogens with zero attached hydrogens (tertiary/aromatic N) is 6. The molecule has 0 fully saturated rings. The van der Waals surface area contributed by atoms with E-state index in [1.165, 1.54) is 0 Å². The summed E-state index contributed by atoms with van der Waals surface area (Å²) in [4.78, 5) is 17.7. The molecule has 0 spiro atoms. The topological polar surface area (TPSA) is 82.6 Å². The Morgan fingerprint density at radius 3 is 2.24 bits per heavy atom. The van der Waals surface area contributed by atoms with Gasteiger partial charge in [0, 0.05) is 37.9 Å². The van der Waals surface area contributed by atoms with Crippen molar-refractivity contribution in [2.75, 3.05) is 5.32 Å². The summed E-state index contributed by atoms with van der Waals surface area (Å²) >= 11 is 0. The van der Waals surface area contributed by atoms with Crippen molar-refractivity contribution in [1.29, 1.82) is 0 Å². The first-order valence-electron chi connectivity index (χ1n) is 8.41. The van der Waals surface area contributed by atoms with Crippen molar-refractivity contribution in [2.45, 2.75) is 47.2 Å². The SMILES string of the molecule is Cc1nn(C)c(C)c1CNc1nc2c(C)nn(C)c2c(=O)n1C(C)C. The Bertz CT molecular complexity index is 1010. The van der Waals surface area contributed by atoms with Crippen LogP contribution in [0.2, 0.25) is 0 Å². The van der Waals surface area contributed by atoms with Crippen molar-refractivity contribution in [3.8, 4) is 0 Å². The van der Waals surface area contributed by atoms with Gasteiger partial charge in [-0.3, -0.25) is 18.7 Å². The average molecular weight is 343 g/mol. The predicted octanol–water partition coefficient (Wildman–Crippen LogP) is 1.98. The lowest BCUT2D eigenvalue weighted by Gasteiger charge is -2.17. The van der Waals surface area contributed by atoms with Crippen LogP contribution in [0.4, 0.5) is 5.95 Å². The van der Waals surface area contributed by atoms with Crippen molar-refractivity contribution in [3.05, 3.63) is 33.0 Å². The van der Waals surface area contributed by atoms with Crippen LogP contribution in [-0.2, 0) is 20.6 Å². The largest absolute Gasteiger partial charge is 0.351 e. The minimum Gasteiger partial charge on any atom is -0.351 e. The van der Waals surface area contributed by atoms with E-state index >= 15 is 0 Å². The Balaban J connectivity index is 2.10. The van der Waals surface area contributed by atoms with E-state index in [0.29, 0.717) is 23.5 Å². The van der Waals surface area contributed by atoms with Gasteiger partial charge in [-0.05, 0) is 34.6 Å². The summed E-state index contributed by atoms with van der Waals surface area (Å²) in [5.74, 6) is 0.561. The fraction of sp³-hybridized carbons (Fsp3) is 0.529. The molecule has 0 unspecified atom stereocenters. The molecule has 0 aliphatic heterocycles. The highest BCUT2D eigenvalue weighted by Crippen LogP contribution is 2.19. The Morgan fingerprint density at radius 1 is 1.04 bits per heavy atom. The summed E-state index contributed by atoms with van der Waals surface area (Å²) in [6.45, 7) is 10.4. The minimum atomic E-state index is -0.0785. The highest BCUT2D eigenvalue weighted by atomic mass is 16.1. The van der Waals surface area contributed by atoms with Crippen LogP contribution in [-0.4, -0.2) is 29.1 Å². The van der Waals surface area contributed by atoms with E-state index in [4.69, 9.17) is 4.98 Å². The van der Waals surface area contributed by atoms with Crippen molar-refractivity contribution in [1.82, 2.24) is 29.1 Å². The van der Waals surface area contributed by atoms with Crippen LogP contribution in [0.25, 0.3) is 11.0 Å². The molecule has 3 aromatic heterocycles. The van der Waals surface area contributed by atoms with E-state index in [9.17, 15) is 4.79 Å². The zero-order valence-electron chi connectivity index (χ0n) is 15.9. The summed E-state index contributed by atoms with van der Waals surface area (Å²) in [5.41, 5.74) is 5.05. The molecule has 0 aliphatic rings. The minimum absolute atomic E-state index is 0.0156. The molecule has 3 aromatic rings. The van der Waals surface area contributed by atoms with Gasteiger partial charge in [0.25, 0.3) is 5.56 Å². The monoisotopic (exact) mass is 343 g/mol. The lowest BCUT2D eigenvalue weighted by atomic mass is 10.2. The van der Waals surface area contributed by atoms with E-state index in [0.717, 1.165) is 22.6 Å². The van der Waals surface area contributed by atoms with Crippen molar-refractivity contribution >= 4 is 17.0 Å². The molecule has 1 N–H and O–H groups in total. The maximum Gasteiger partial charge on any atom is 0.281 e. The second-order valence-electron chi connectivity index (χ2n) is 6.74. The van der Waals surface area contributed by atoms with E-state index in [-0.39, 0.29) is 11.6 Å². The lowest BCUT2D eigenvalue weighted by Crippen LogP contribution is -2.27. The van der Waals surface area contributed by atoms with Crippen molar-refractivity contribution in [3.63, 3.8) is 0 Å².